The van der Waals surface area contributed by atoms with Crippen LogP contribution in [0.5, 0.6) is 0 Å². The van der Waals surface area contributed by atoms with Crippen LogP contribution in [-0.4, -0.2) is 24.2 Å². The van der Waals surface area contributed by atoms with Crippen LogP contribution in [0.4, 0.5) is 0 Å². The average Bonchev–Trinajstić information content (AvgIpc) is 2.53. The minimum atomic E-state index is 0.981. The monoisotopic (exact) mass is 201 g/mol. The molecule has 0 aliphatic rings. The normalized spacial score (nSPS) is 10.9. The van der Waals surface area contributed by atoms with Crippen LogP contribution in [-0.2, 0) is 6.54 Å². The highest BCUT2D eigenvalue weighted by atomic mass is 32.1. The van der Waals surface area contributed by atoms with Gasteiger partial charge in [0, 0.05) is 11.4 Å². The summed E-state index contributed by atoms with van der Waals surface area (Å²) in [7, 11) is 2.16. The molecule has 0 amide bonds. The van der Waals surface area contributed by atoms with E-state index in [4.69, 9.17) is 0 Å². The Morgan fingerprint density at radius 3 is 3.00 bits per heavy atom. The van der Waals surface area contributed by atoms with E-state index in [2.05, 4.69) is 42.1 Å². The fourth-order valence-corrected chi connectivity index (χ4v) is 2.01. The van der Waals surface area contributed by atoms with Gasteiger partial charge in [0.1, 0.15) is 0 Å². The van der Waals surface area contributed by atoms with E-state index >= 15 is 0 Å². The second-order valence-electron chi connectivity index (χ2n) is 2.89. The van der Waals surface area contributed by atoms with Gasteiger partial charge < -0.3 is 4.90 Å². The van der Waals surface area contributed by atoms with Gasteiger partial charge in [0.15, 0.2) is 0 Å². The number of thiophene rings is 1. The van der Waals surface area contributed by atoms with Gasteiger partial charge in [0.2, 0.25) is 0 Å². The van der Waals surface area contributed by atoms with E-state index in [0.29, 0.717) is 0 Å². The zero-order valence-electron chi connectivity index (χ0n) is 7.36. The third-order valence-electron chi connectivity index (χ3n) is 1.70. The molecule has 0 radical (unpaired) electrons. The van der Waals surface area contributed by atoms with E-state index in [0.717, 1.165) is 18.8 Å². The molecule has 0 fully saturated rings. The molecule has 68 valence electrons. The Labute approximate surface area is 83.8 Å². The van der Waals surface area contributed by atoms with Crippen LogP contribution in [0.1, 0.15) is 11.3 Å². The quantitative estimate of drug-likeness (QED) is 0.716. The number of nitrogens with zero attached hydrogens (tertiary/aromatic N) is 1. The van der Waals surface area contributed by atoms with Gasteiger partial charge in [0.25, 0.3) is 0 Å². The fourth-order valence-electron chi connectivity index (χ4n) is 1.09. The summed E-state index contributed by atoms with van der Waals surface area (Å²) in [6.07, 6.45) is 1.17. The van der Waals surface area contributed by atoms with Crippen molar-refractivity contribution in [2.45, 2.75) is 13.0 Å². The minimum Gasteiger partial charge on any atom is -0.301 e. The van der Waals surface area contributed by atoms with Crippen LogP contribution in [0.2, 0.25) is 0 Å². The largest absolute Gasteiger partial charge is 0.301 e. The van der Waals surface area contributed by atoms with Crippen molar-refractivity contribution in [3.63, 3.8) is 0 Å². The first-order valence-corrected chi connectivity index (χ1v) is 5.66. The standard InChI is InChI=1S/C9H15NS2/c1-10(5-3-6-11)8-9-4-2-7-12-9/h2,4,7,11H,3,5-6,8H2,1H3. The van der Waals surface area contributed by atoms with Crippen LogP contribution in [0.3, 0.4) is 0 Å². The first-order valence-electron chi connectivity index (χ1n) is 4.14. The van der Waals surface area contributed by atoms with Gasteiger partial charge in [-0.3, -0.25) is 0 Å². The maximum Gasteiger partial charge on any atom is 0.0324 e. The summed E-state index contributed by atoms with van der Waals surface area (Å²) in [6.45, 7) is 2.22. The molecule has 3 heteroatoms. The Bertz CT molecular complexity index is 196. The van der Waals surface area contributed by atoms with E-state index in [1.807, 2.05) is 11.3 Å². The van der Waals surface area contributed by atoms with Crippen LogP contribution in [0, 0.1) is 0 Å². The maximum absolute atomic E-state index is 4.19. The lowest BCUT2D eigenvalue weighted by Crippen LogP contribution is -2.18. The van der Waals surface area contributed by atoms with Gasteiger partial charge in [0.05, 0.1) is 0 Å². The summed E-state index contributed by atoms with van der Waals surface area (Å²) < 4.78 is 0. The number of hydrogen-bond acceptors (Lipinski definition) is 3. The zero-order chi connectivity index (χ0) is 8.81. The van der Waals surface area contributed by atoms with Crippen molar-refractivity contribution in [3.05, 3.63) is 22.4 Å². The summed E-state index contributed by atoms with van der Waals surface area (Å²) in [4.78, 5) is 3.78. The Balaban J connectivity index is 2.22. The lowest BCUT2D eigenvalue weighted by Gasteiger charge is -2.14. The first-order chi connectivity index (χ1) is 5.83. The topological polar surface area (TPSA) is 3.24 Å². The highest BCUT2D eigenvalue weighted by molar-refractivity contribution is 7.80. The van der Waals surface area contributed by atoms with E-state index in [-0.39, 0.29) is 0 Å². The third-order valence-corrected chi connectivity index (χ3v) is 2.88. The summed E-state index contributed by atoms with van der Waals surface area (Å²) in [5.41, 5.74) is 0. The molecular weight excluding hydrogens is 186 g/mol. The highest BCUT2D eigenvalue weighted by Gasteiger charge is 1.99. The maximum atomic E-state index is 4.19. The molecule has 0 aliphatic carbocycles. The van der Waals surface area contributed by atoms with Crippen molar-refractivity contribution in [3.8, 4) is 0 Å². The molecule has 0 saturated heterocycles. The van der Waals surface area contributed by atoms with Gasteiger partial charge >= 0.3 is 0 Å². The molecule has 0 aliphatic heterocycles. The van der Waals surface area contributed by atoms with E-state index in [1.54, 1.807) is 0 Å². The van der Waals surface area contributed by atoms with Gasteiger partial charge in [-0.15, -0.1) is 11.3 Å². The average molecular weight is 201 g/mol. The molecule has 1 heterocycles. The van der Waals surface area contributed by atoms with Crippen molar-refractivity contribution < 1.29 is 0 Å². The molecule has 0 saturated carbocycles. The van der Waals surface area contributed by atoms with Crippen LogP contribution in [0.25, 0.3) is 0 Å². The number of thiol groups is 1. The fraction of sp³-hybridized carbons (Fsp3) is 0.556. The molecule has 0 unspecified atom stereocenters. The molecule has 1 rings (SSSR count). The van der Waals surface area contributed by atoms with E-state index in [9.17, 15) is 0 Å². The molecule has 0 spiro atoms. The van der Waals surface area contributed by atoms with Crippen LogP contribution < -0.4 is 0 Å². The zero-order valence-corrected chi connectivity index (χ0v) is 9.07. The van der Waals surface area contributed by atoms with Gasteiger partial charge in [-0.2, -0.15) is 12.6 Å². The first kappa shape index (κ1) is 10.1. The highest BCUT2D eigenvalue weighted by Crippen LogP contribution is 2.10. The van der Waals surface area contributed by atoms with E-state index < -0.39 is 0 Å². The van der Waals surface area contributed by atoms with Gasteiger partial charge in [-0.25, -0.2) is 0 Å². The Morgan fingerprint density at radius 1 is 1.58 bits per heavy atom. The minimum absolute atomic E-state index is 0.981. The SMILES string of the molecule is CN(CCCS)Cc1cccs1. The predicted molar refractivity (Wildman–Crippen MR) is 59.1 cm³/mol. The smallest absolute Gasteiger partial charge is 0.0324 e. The molecule has 0 N–H and O–H groups in total. The van der Waals surface area contributed by atoms with Crippen molar-refractivity contribution >= 4 is 24.0 Å². The molecule has 1 aromatic heterocycles. The molecule has 12 heavy (non-hydrogen) atoms. The third kappa shape index (κ3) is 3.61. The molecule has 1 aromatic rings. The van der Waals surface area contributed by atoms with Crippen LogP contribution >= 0.6 is 24.0 Å². The Hall–Kier alpha value is 0.01000. The molecular formula is C9H15NS2. The molecule has 0 atom stereocenters. The summed E-state index contributed by atoms with van der Waals surface area (Å²) in [5, 5.41) is 2.13. The molecule has 1 nitrogen and oxygen atoms in total. The summed E-state index contributed by atoms with van der Waals surface area (Å²) in [6, 6.07) is 4.29. The van der Waals surface area contributed by atoms with Crippen molar-refractivity contribution in [2.24, 2.45) is 0 Å². The van der Waals surface area contributed by atoms with Gasteiger partial charge in [-0.05, 0) is 37.2 Å². The van der Waals surface area contributed by atoms with E-state index in [1.165, 1.54) is 11.3 Å². The number of hydrogen-bond donors (Lipinski definition) is 1. The van der Waals surface area contributed by atoms with Gasteiger partial charge in [-0.1, -0.05) is 6.07 Å². The second kappa shape index (κ2) is 5.62. The summed E-state index contributed by atoms with van der Waals surface area (Å²) in [5.74, 6) is 0.981. The molecule has 0 bridgehead atoms. The number of rotatable bonds is 5. The summed E-state index contributed by atoms with van der Waals surface area (Å²) >= 11 is 6.01. The van der Waals surface area contributed by atoms with Crippen molar-refractivity contribution in [1.29, 1.82) is 0 Å². The lowest BCUT2D eigenvalue weighted by molar-refractivity contribution is 0.331. The van der Waals surface area contributed by atoms with Crippen LogP contribution in [0.15, 0.2) is 17.5 Å². The van der Waals surface area contributed by atoms with Crippen molar-refractivity contribution in [2.75, 3.05) is 19.3 Å². The Kier molecular flexibility index (Phi) is 4.73. The van der Waals surface area contributed by atoms with Crippen molar-refractivity contribution in [1.82, 2.24) is 4.90 Å². The second-order valence-corrected chi connectivity index (χ2v) is 4.37. The predicted octanol–water partition coefficient (Wildman–Crippen LogP) is 2.50. The lowest BCUT2D eigenvalue weighted by atomic mass is 10.4. The Morgan fingerprint density at radius 2 is 2.42 bits per heavy atom. The molecule has 0 aromatic carbocycles.